The average molecular weight is 277 g/mol. The Morgan fingerprint density at radius 2 is 1.79 bits per heavy atom. The molecule has 2 N–H and O–H groups in total. The van der Waals surface area contributed by atoms with E-state index in [0.717, 1.165) is 24.3 Å². The van der Waals surface area contributed by atoms with E-state index in [2.05, 4.69) is 16.8 Å². The molecule has 0 bridgehead atoms. The largest absolute Gasteiger partial charge is 0.493 e. The first-order valence-corrected chi connectivity index (χ1v) is 7.14. The van der Waals surface area contributed by atoms with Gasteiger partial charge in [-0.3, -0.25) is 0 Å². The molecule has 19 heavy (non-hydrogen) atoms. The first-order valence-electron chi connectivity index (χ1n) is 6.20. The number of hydrogen-bond donors (Lipinski definition) is 1. The number of nitrogens with two attached hydrogens (primary N) is 1. The van der Waals surface area contributed by atoms with Crippen molar-refractivity contribution in [3.8, 4) is 11.5 Å². The van der Waals surface area contributed by atoms with Crippen molar-refractivity contribution in [2.45, 2.75) is 18.9 Å². The van der Waals surface area contributed by atoms with Gasteiger partial charge in [-0.1, -0.05) is 6.07 Å². The van der Waals surface area contributed by atoms with Crippen LogP contribution in [0.25, 0.3) is 0 Å². The van der Waals surface area contributed by atoms with E-state index >= 15 is 0 Å². The molecule has 0 fully saturated rings. The molecule has 102 valence electrons. The van der Waals surface area contributed by atoms with Crippen molar-refractivity contribution in [1.29, 1.82) is 0 Å². The third kappa shape index (κ3) is 3.72. The molecule has 0 saturated carbocycles. The molecule has 1 aromatic carbocycles. The van der Waals surface area contributed by atoms with Crippen LogP contribution >= 0.6 is 11.3 Å². The molecular weight excluding hydrogens is 258 g/mol. The van der Waals surface area contributed by atoms with Gasteiger partial charge < -0.3 is 15.2 Å². The number of hydrogen-bond acceptors (Lipinski definition) is 4. The first kappa shape index (κ1) is 13.9. The third-order valence-electron chi connectivity index (χ3n) is 3.02. The van der Waals surface area contributed by atoms with Gasteiger partial charge in [0.05, 0.1) is 14.2 Å². The fourth-order valence-corrected chi connectivity index (χ4v) is 2.78. The molecule has 0 aliphatic heterocycles. The minimum atomic E-state index is 0.118. The Morgan fingerprint density at radius 3 is 2.42 bits per heavy atom. The monoisotopic (exact) mass is 277 g/mol. The van der Waals surface area contributed by atoms with Gasteiger partial charge in [-0.2, -0.15) is 11.3 Å². The smallest absolute Gasteiger partial charge is 0.160 e. The lowest BCUT2D eigenvalue weighted by Crippen LogP contribution is -2.25. The number of rotatable bonds is 6. The van der Waals surface area contributed by atoms with E-state index < -0.39 is 0 Å². The van der Waals surface area contributed by atoms with Crippen molar-refractivity contribution in [2.75, 3.05) is 14.2 Å². The van der Waals surface area contributed by atoms with Gasteiger partial charge in [0.15, 0.2) is 11.5 Å². The van der Waals surface area contributed by atoms with Crippen LogP contribution in [-0.2, 0) is 12.8 Å². The summed E-state index contributed by atoms with van der Waals surface area (Å²) in [5.74, 6) is 1.50. The van der Waals surface area contributed by atoms with E-state index in [1.165, 1.54) is 11.1 Å². The molecule has 2 rings (SSSR count). The number of thiophene rings is 1. The van der Waals surface area contributed by atoms with E-state index in [9.17, 15) is 0 Å². The Bertz CT molecular complexity index is 511. The van der Waals surface area contributed by atoms with Gasteiger partial charge >= 0.3 is 0 Å². The van der Waals surface area contributed by atoms with E-state index in [0.29, 0.717) is 0 Å². The highest BCUT2D eigenvalue weighted by molar-refractivity contribution is 7.07. The summed E-state index contributed by atoms with van der Waals surface area (Å²) in [4.78, 5) is 0. The quantitative estimate of drug-likeness (QED) is 0.883. The number of benzene rings is 1. The zero-order chi connectivity index (χ0) is 13.7. The fourth-order valence-electron chi connectivity index (χ4n) is 2.09. The Hall–Kier alpha value is -1.52. The lowest BCUT2D eigenvalue weighted by molar-refractivity contribution is 0.354. The third-order valence-corrected chi connectivity index (χ3v) is 3.76. The second kappa shape index (κ2) is 6.59. The molecule has 2 aromatic rings. The summed E-state index contributed by atoms with van der Waals surface area (Å²) in [6.07, 6.45) is 1.73. The molecule has 1 heterocycles. The van der Waals surface area contributed by atoms with E-state index in [1.807, 2.05) is 18.2 Å². The molecule has 0 radical (unpaired) electrons. The summed E-state index contributed by atoms with van der Waals surface area (Å²) in [5.41, 5.74) is 8.66. The maximum absolute atomic E-state index is 6.19. The Kier molecular flexibility index (Phi) is 4.82. The topological polar surface area (TPSA) is 44.5 Å². The summed E-state index contributed by atoms with van der Waals surface area (Å²) < 4.78 is 10.5. The molecule has 1 aromatic heterocycles. The van der Waals surface area contributed by atoms with Crippen molar-refractivity contribution in [3.63, 3.8) is 0 Å². The van der Waals surface area contributed by atoms with Gasteiger partial charge in [-0.25, -0.2) is 0 Å². The van der Waals surface area contributed by atoms with Crippen molar-refractivity contribution in [2.24, 2.45) is 5.73 Å². The van der Waals surface area contributed by atoms with E-state index in [4.69, 9.17) is 15.2 Å². The maximum Gasteiger partial charge on any atom is 0.160 e. The standard InChI is InChI=1S/C15H19NO2S/c1-17-14-4-3-11(9-15(14)18-2)7-13(16)8-12-5-6-19-10-12/h3-6,9-10,13H,7-8,16H2,1-2H3. The Labute approximate surface area is 118 Å². The molecule has 4 heteroatoms. The maximum atomic E-state index is 6.19. The zero-order valence-corrected chi connectivity index (χ0v) is 12.1. The lowest BCUT2D eigenvalue weighted by Gasteiger charge is -2.13. The van der Waals surface area contributed by atoms with Crippen molar-refractivity contribution in [3.05, 3.63) is 46.2 Å². The van der Waals surface area contributed by atoms with Gasteiger partial charge in [0.1, 0.15) is 0 Å². The molecule has 0 aliphatic rings. The highest BCUT2D eigenvalue weighted by atomic mass is 32.1. The number of methoxy groups -OCH3 is 2. The van der Waals surface area contributed by atoms with Crippen LogP contribution in [0.2, 0.25) is 0 Å². The summed E-state index contributed by atoms with van der Waals surface area (Å²) in [6, 6.07) is 8.19. The van der Waals surface area contributed by atoms with Crippen LogP contribution in [0.1, 0.15) is 11.1 Å². The van der Waals surface area contributed by atoms with Crippen LogP contribution in [0, 0.1) is 0 Å². The molecule has 1 atom stereocenters. The minimum Gasteiger partial charge on any atom is -0.493 e. The first-order chi connectivity index (χ1) is 9.22. The molecule has 3 nitrogen and oxygen atoms in total. The minimum absolute atomic E-state index is 0.118. The summed E-state index contributed by atoms with van der Waals surface area (Å²) in [7, 11) is 3.28. The Morgan fingerprint density at radius 1 is 1.05 bits per heavy atom. The van der Waals surface area contributed by atoms with Crippen molar-refractivity contribution >= 4 is 11.3 Å². The molecule has 0 saturated heterocycles. The summed E-state index contributed by atoms with van der Waals surface area (Å²) in [5, 5.41) is 4.23. The van der Waals surface area contributed by atoms with Gasteiger partial charge in [-0.15, -0.1) is 0 Å². The van der Waals surface area contributed by atoms with Crippen LogP contribution in [0.3, 0.4) is 0 Å². The van der Waals surface area contributed by atoms with Crippen LogP contribution < -0.4 is 15.2 Å². The number of ether oxygens (including phenoxy) is 2. The normalized spacial score (nSPS) is 12.2. The van der Waals surface area contributed by atoms with E-state index in [1.54, 1.807) is 25.6 Å². The molecule has 1 unspecified atom stereocenters. The summed E-state index contributed by atoms with van der Waals surface area (Å²) in [6.45, 7) is 0. The van der Waals surface area contributed by atoms with Crippen LogP contribution in [0.4, 0.5) is 0 Å². The highest BCUT2D eigenvalue weighted by Crippen LogP contribution is 2.28. The van der Waals surface area contributed by atoms with Gasteiger partial charge in [-0.05, 0) is 52.9 Å². The second-order valence-electron chi connectivity index (χ2n) is 4.49. The van der Waals surface area contributed by atoms with E-state index in [-0.39, 0.29) is 6.04 Å². The molecular formula is C15H19NO2S. The fraction of sp³-hybridized carbons (Fsp3) is 0.333. The van der Waals surface area contributed by atoms with Gasteiger partial charge in [0.25, 0.3) is 0 Å². The second-order valence-corrected chi connectivity index (χ2v) is 5.27. The van der Waals surface area contributed by atoms with Gasteiger partial charge in [0, 0.05) is 6.04 Å². The van der Waals surface area contributed by atoms with Crippen LogP contribution in [0.15, 0.2) is 35.0 Å². The lowest BCUT2D eigenvalue weighted by atomic mass is 10.0. The molecule has 0 spiro atoms. The predicted molar refractivity (Wildman–Crippen MR) is 79.2 cm³/mol. The highest BCUT2D eigenvalue weighted by Gasteiger charge is 2.09. The van der Waals surface area contributed by atoms with Crippen molar-refractivity contribution < 1.29 is 9.47 Å². The van der Waals surface area contributed by atoms with Crippen LogP contribution in [-0.4, -0.2) is 20.3 Å². The Balaban J connectivity index is 2.02. The molecule has 0 amide bonds. The average Bonchev–Trinajstić information content (AvgIpc) is 2.91. The van der Waals surface area contributed by atoms with Gasteiger partial charge in [0.2, 0.25) is 0 Å². The summed E-state index contributed by atoms with van der Waals surface area (Å²) >= 11 is 1.71. The molecule has 0 aliphatic carbocycles. The van der Waals surface area contributed by atoms with Crippen LogP contribution in [0.5, 0.6) is 11.5 Å². The van der Waals surface area contributed by atoms with Crippen molar-refractivity contribution in [1.82, 2.24) is 0 Å². The SMILES string of the molecule is COc1ccc(CC(N)Cc2ccsc2)cc1OC. The predicted octanol–water partition coefficient (Wildman–Crippen LogP) is 2.88. The zero-order valence-electron chi connectivity index (χ0n) is 11.3.